The molecule has 0 aliphatic carbocycles. The number of carbonyl (C=O) groups is 2. The third-order valence-corrected chi connectivity index (χ3v) is 3.83. The molecular formula is C15H17N3O4S. The average Bonchev–Trinajstić information content (AvgIpc) is 3.14. The van der Waals surface area contributed by atoms with E-state index in [1.807, 2.05) is 17.5 Å². The SMILES string of the molecule is C=CCOCC(NC(=O)c1cn(C)nc1-c1cccs1)C(=O)O. The van der Waals surface area contributed by atoms with Crippen LogP contribution >= 0.6 is 11.3 Å². The summed E-state index contributed by atoms with van der Waals surface area (Å²) >= 11 is 1.46. The van der Waals surface area contributed by atoms with Crippen LogP contribution in [-0.2, 0) is 16.6 Å². The van der Waals surface area contributed by atoms with Gasteiger partial charge < -0.3 is 15.2 Å². The van der Waals surface area contributed by atoms with E-state index in [0.717, 1.165) is 4.88 Å². The Labute approximate surface area is 137 Å². The van der Waals surface area contributed by atoms with Crippen LogP contribution in [0.5, 0.6) is 0 Å². The van der Waals surface area contributed by atoms with Gasteiger partial charge >= 0.3 is 5.97 Å². The molecule has 2 rings (SSSR count). The minimum Gasteiger partial charge on any atom is -0.480 e. The normalized spacial score (nSPS) is 11.9. The Morgan fingerprint density at radius 1 is 1.61 bits per heavy atom. The number of aryl methyl sites for hydroxylation is 1. The van der Waals surface area contributed by atoms with Crippen LogP contribution in [0.25, 0.3) is 10.6 Å². The van der Waals surface area contributed by atoms with E-state index in [0.29, 0.717) is 11.3 Å². The number of rotatable bonds is 8. The van der Waals surface area contributed by atoms with Crippen LogP contribution in [0, 0.1) is 0 Å². The number of carboxylic acid groups (broad SMARTS) is 1. The molecule has 8 heteroatoms. The summed E-state index contributed by atoms with van der Waals surface area (Å²) in [5.74, 6) is -1.67. The van der Waals surface area contributed by atoms with E-state index >= 15 is 0 Å². The first-order valence-electron chi connectivity index (χ1n) is 6.82. The molecule has 2 heterocycles. The monoisotopic (exact) mass is 335 g/mol. The van der Waals surface area contributed by atoms with Crippen molar-refractivity contribution in [2.75, 3.05) is 13.2 Å². The molecule has 23 heavy (non-hydrogen) atoms. The molecule has 0 fully saturated rings. The highest BCUT2D eigenvalue weighted by atomic mass is 32.1. The van der Waals surface area contributed by atoms with Crippen LogP contribution in [0.2, 0.25) is 0 Å². The second-order valence-electron chi connectivity index (χ2n) is 4.73. The van der Waals surface area contributed by atoms with Gasteiger partial charge in [0, 0.05) is 13.2 Å². The maximum absolute atomic E-state index is 12.4. The van der Waals surface area contributed by atoms with E-state index < -0.39 is 17.9 Å². The minimum atomic E-state index is -1.16. The van der Waals surface area contributed by atoms with Crippen molar-refractivity contribution in [2.24, 2.45) is 7.05 Å². The summed E-state index contributed by atoms with van der Waals surface area (Å²) in [7, 11) is 1.70. The summed E-state index contributed by atoms with van der Waals surface area (Å²) in [4.78, 5) is 24.5. The molecule has 2 N–H and O–H groups in total. The van der Waals surface area contributed by atoms with Crippen LogP contribution in [0.15, 0.2) is 36.4 Å². The lowest BCUT2D eigenvalue weighted by Gasteiger charge is -2.14. The molecule has 7 nitrogen and oxygen atoms in total. The van der Waals surface area contributed by atoms with Crippen molar-refractivity contribution in [3.8, 4) is 10.6 Å². The van der Waals surface area contributed by atoms with Crippen molar-refractivity contribution < 1.29 is 19.4 Å². The summed E-state index contributed by atoms with van der Waals surface area (Å²) in [5.41, 5.74) is 0.848. The van der Waals surface area contributed by atoms with Crippen molar-refractivity contribution in [1.29, 1.82) is 0 Å². The van der Waals surface area contributed by atoms with E-state index in [1.54, 1.807) is 13.2 Å². The van der Waals surface area contributed by atoms with Crippen molar-refractivity contribution in [3.63, 3.8) is 0 Å². The zero-order valence-electron chi connectivity index (χ0n) is 12.6. The van der Waals surface area contributed by atoms with Crippen LogP contribution < -0.4 is 5.32 Å². The molecule has 1 atom stereocenters. The van der Waals surface area contributed by atoms with Gasteiger partial charge in [-0.3, -0.25) is 9.48 Å². The summed E-state index contributed by atoms with van der Waals surface area (Å²) in [6, 6.07) is 2.57. The fraction of sp³-hybridized carbons (Fsp3) is 0.267. The molecule has 1 unspecified atom stereocenters. The zero-order valence-corrected chi connectivity index (χ0v) is 13.4. The summed E-state index contributed by atoms with van der Waals surface area (Å²) in [6.07, 6.45) is 3.07. The van der Waals surface area contributed by atoms with E-state index in [-0.39, 0.29) is 13.2 Å². The molecule has 0 saturated carbocycles. The molecule has 0 aliphatic rings. The van der Waals surface area contributed by atoms with Gasteiger partial charge in [-0.05, 0) is 11.4 Å². The van der Waals surface area contributed by atoms with Gasteiger partial charge in [-0.25, -0.2) is 4.79 Å². The second-order valence-corrected chi connectivity index (χ2v) is 5.68. The molecular weight excluding hydrogens is 318 g/mol. The number of nitrogens with zero attached hydrogens (tertiary/aromatic N) is 2. The Morgan fingerprint density at radius 2 is 2.39 bits per heavy atom. The lowest BCUT2D eigenvalue weighted by atomic mass is 10.2. The molecule has 0 saturated heterocycles. The van der Waals surface area contributed by atoms with Gasteiger partial charge in [-0.2, -0.15) is 5.10 Å². The maximum atomic E-state index is 12.4. The number of carbonyl (C=O) groups excluding carboxylic acids is 1. The van der Waals surface area contributed by atoms with Gasteiger partial charge in [0.15, 0.2) is 6.04 Å². The Kier molecular flexibility index (Phi) is 5.67. The van der Waals surface area contributed by atoms with Crippen molar-refractivity contribution in [1.82, 2.24) is 15.1 Å². The number of carboxylic acids is 1. The predicted molar refractivity (Wildman–Crippen MR) is 86.4 cm³/mol. The first-order chi connectivity index (χ1) is 11.0. The first kappa shape index (κ1) is 16.9. The Morgan fingerprint density at radius 3 is 3.00 bits per heavy atom. The molecule has 0 aliphatic heterocycles. The van der Waals surface area contributed by atoms with Crippen LogP contribution in [0.3, 0.4) is 0 Å². The number of amides is 1. The number of hydrogen-bond donors (Lipinski definition) is 2. The fourth-order valence-corrected chi connectivity index (χ4v) is 2.65. The number of nitrogens with one attached hydrogen (secondary N) is 1. The van der Waals surface area contributed by atoms with E-state index in [4.69, 9.17) is 4.74 Å². The lowest BCUT2D eigenvalue weighted by Crippen LogP contribution is -2.44. The smallest absolute Gasteiger partial charge is 0.328 e. The Hall–Kier alpha value is -2.45. The molecule has 1 amide bonds. The van der Waals surface area contributed by atoms with Crippen LogP contribution in [-0.4, -0.2) is 46.0 Å². The van der Waals surface area contributed by atoms with Gasteiger partial charge in [-0.1, -0.05) is 12.1 Å². The van der Waals surface area contributed by atoms with Gasteiger partial charge in [0.05, 0.1) is 23.7 Å². The number of aromatic nitrogens is 2. The second kappa shape index (κ2) is 7.70. The summed E-state index contributed by atoms with van der Waals surface area (Å²) in [5, 5.41) is 17.8. The Balaban J connectivity index is 2.16. The molecule has 2 aromatic heterocycles. The van der Waals surface area contributed by atoms with Gasteiger partial charge in [0.25, 0.3) is 5.91 Å². The number of aliphatic carboxylic acids is 1. The van der Waals surface area contributed by atoms with E-state index in [2.05, 4.69) is 17.0 Å². The standard InChI is InChI=1S/C15H17N3O4S/c1-3-6-22-9-11(15(20)21)16-14(19)10-8-18(2)17-13(10)12-5-4-7-23-12/h3-5,7-8,11H,1,6,9H2,2H3,(H,16,19)(H,20,21). The molecule has 0 aromatic carbocycles. The largest absolute Gasteiger partial charge is 0.480 e. The van der Waals surface area contributed by atoms with Crippen molar-refractivity contribution >= 4 is 23.2 Å². The number of ether oxygens (including phenoxy) is 1. The molecule has 0 spiro atoms. The quantitative estimate of drug-likeness (QED) is 0.564. The third kappa shape index (κ3) is 4.27. The third-order valence-electron chi connectivity index (χ3n) is 2.95. The molecule has 2 aromatic rings. The van der Waals surface area contributed by atoms with Crippen LogP contribution in [0.1, 0.15) is 10.4 Å². The molecule has 0 bridgehead atoms. The topological polar surface area (TPSA) is 93.5 Å². The van der Waals surface area contributed by atoms with E-state index in [9.17, 15) is 14.7 Å². The van der Waals surface area contributed by atoms with Gasteiger partial charge in [0.1, 0.15) is 5.69 Å². The molecule has 122 valence electrons. The fourth-order valence-electron chi connectivity index (χ4n) is 1.93. The highest BCUT2D eigenvalue weighted by Gasteiger charge is 2.24. The minimum absolute atomic E-state index is 0.137. The first-order valence-corrected chi connectivity index (χ1v) is 7.70. The molecule has 0 radical (unpaired) electrons. The number of hydrogen-bond acceptors (Lipinski definition) is 5. The van der Waals surface area contributed by atoms with Crippen molar-refractivity contribution in [3.05, 3.63) is 41.9 Å². The maximum Gasteiger partial charge on any atom is 0.328 e. The van der Waals surface area contributed by atoms with Gasteiger partial charge in [-0.15, -0.1) is 17.9 Å². The average molecular weight is 335 g/mol. The number of thiophene rings is 1. The predicted octanol–water partition coefficient (Wildman–Crippen LogP) is 1.53. The zero-order chi connectivity index (χ0) is 16.8. The highest BCUT2D eigenvalue weighted by Crippen LogP contribution is 2.26. The summed E-state index contributed by atoms with van der Waals surface area (Å²) < 4.78 is 6.64. The van der Waals surface area contributed by atoms with Gasteiger partial charge in [0.2, 0.25) is 0 Å². The van der Waals surface area contributed by atoms with E-state index in [1.165, 1.54) is 22.1 Å². The van der Waals surface area contributed by atoms with Crippen molar-refractivity contribution in [2.45, 2.75) is 6.04 Å². The lowest BCUT2D eigenvalue weighted by molar-refractivity contribution is -0.140. The summed E-state index contributed by atoms with van der Waals surface area (Å²) in [6.45, 7) is 3.56. The van der Waals surface area contributed by atoms with Crippen LogP contribution in [0.4, 0.5) is 0 Å². The Bertz CT molecular complexity index is 694. The highest BCUT2D eigenvalue weighted by molar-refractivity contribution is 7.13.